The lowest BCUT2D eigenvalue weighted by atomic mass is 10.0. The number of benzene rings is 3. The summed E-state index contributed by atoms with van der Waals surface area (Å²) < 4.78 is 26.6. The topological polar surface area (TPSA) is 6.48 Å². The zero-order chi connectivity index (χ0) is 21.5. The Hall–Kier alpha value is -2.82. The molecule has 0 aromatic heterocycles. The predicted molar refractivity (Wildman–Crippen MR) is 123 cm³/mol. The first kappa shape index (κ1) is 21.4. The van der Waals surface area contributed by atoms with E-state index in [0.717, 1.165) is 50.3 Å². The molecule has 1 heterocycles. The first-order valence-corrected chi connectivity index (χ1v) is 10.8. The third-order valence-corrected chi connectivity index (χ3v) is 5.85. The second-order valence-electron chi connectivity index (χ2n) is 8.15. The van der Waals surface area contributed by atoms with Crippen LogP contribution in [-0.2, 0) is 13.0 Å². The van der Waals surface area contributed by atoms with Crippen molar-refractivity contribution in [3.63, 3.8) is 0 Å². The molecule has 31 heavy (non-hydrogen) atoms. The summed E-state index contributed by atoms with van der Waals surface area (Å²) in [6.45, 7) is 4.57. The molecule has 4 heteroatoms. The van der Waals surface area contributed by atoms with Gasteiger partial charge in [0.2, 0.25) is 0 Å². The smallest absolute Gasteiger partial charge is 0.123 e. The highest BCUT2D eigenvalue weighted by Crippen LogP contribution is 2.19. The first-order chi connectivity index (χ1) is 15.2. The molecule has 0 amide bonds. The van der Waals surface area contributed by atoms with Crippen molar-refractivity contribution in [3.05, 3.63) is 113 Å². The highest BCUT2D eigenvalue weighted by atomic mass is 19.1. The number of hydrogen-bond acceptors (Lipinski definition) is 2. The van der Waals surface area contributed by atoms with Crippen molar-refractivity contribution in [1.29, 1.82) is 0 Å². The summed E-state index contributed by atoms with van der Waals surface area (Å²) in [5.41, 5.74) is 3.46. The van der Waals surface area contributed by atoms with Crippen molar-refractivity contribution in [1.82, 2.24) is 9.80 Å². The van der Waals surface area contributed by atoms with Crippen LogP contribution < -0.4 is 0 Å². The summed E-state index contributed by atoms with van der Waals surface area (Å²) in [4.78, 5) is 4.93. The molecule has 1 aliphatic heterocycles. The molecule has 4 rings (SSSR count). The quantitative estimate of drug-likeness (QED) is 0.506. The Morgan fingerprint density at radius 3 is 2.10 bits per heavy atom. The lowest BCUT2D eigenvalue weighted by molar-refractivity contribution is 0.0753. The van der Waals surface area contributed by atoms with Gasteiger partial charge in [0.15, 0.2) is 0 Å². The van der Waals surface area contributed by atoms with Gasteiger partial charge in [0, 0.05) is 38.8 Å². The van der Waals surface area contributed by atoms with Crippen LogP contribution in [0.15, 0.2) is 84.9 Å². The maximum absolute atomic E-state index is 13.3. The Balaban J connectivity index is 1.43. The van der Waals surface area contributed by atoms with E-state index in [9.17, 15) is 8.78 Å². The van der Waals surface area contributed by atoms with Gasteiger partial charge in [0.05, 0.1) is 0 Å². The van der Waals surface area contributed by atoms with E-state index in [-0.39, 0.29) is 11.6 Å². The highest BCUT2D eigenvalue weighted by Gasteiger charge is 2.26. The fourth-order valence-electron chi connectivity index (χ4n) is 4.14. The van der Waals surface area contributed by atoms with E-state index in [1.165, 1.54) is 29.8 Å². The van der Waals surface area contributed by atoms with Crippen LogP contribution in [0, 0.1) is 11.6 Å². The Bertz CT molecular complexity index is 968. The molecular weight excluding hydrogens is 390 g/mol. The zero-order valence-electron chi connectivity index (χ0n) is 17.6. The standard InChI is InChI=1S/C27H28F2N2/c28-25-12-8-23(9-13-25)19-27-21-30(16-4-7-22-5-2-1-3-6-22)17-18-31(27)20-24-10-14-26(29)15-11-24/h1-15,27H,16-21H2/b7-4+. The van der Waals surface area contributed by atoms with Gasteiger partial charge in [-0.15, -0.1) is 0 Å². The molecule has 1 unspecified atom stereocenters. The van der Waals surface area contributed by atoms with Crippen LogP contribution >= 0.6 is 0 Å². The molecule has 2 nitrogen and oxygen atoms in total. The third-order valence-electron chi connectivity index (χ3n) is 5.85. The van der Waals surface area contributed by atoms with Gasteiger partial charge in [-0.3, -0.25) is 9.80 Å². The molecule has 0 N–H and O–H groups in total. The van der Waals surface area contributed by atoms with E-state index in [0.29, 0.717) is 6.04 Å². The van der Waals surface area contributed by atoms with E-state index in [4.69, 9.17) is 0 Å². The van der Waals surface area contributed by atoms with Gasteiger partial charge in [-0.25, -0.2) is 8.78 Å². The summed E-state index contributed by atoms with van der Waals surface area (Å²) in [6, 6.07) is 24.2. The average molecular weight is 419 g/mol. The number of piperazine rings is 1. The maximum Gasteiger partial charge on any atom is 0.123 e. The van der Waals surface area contributed by atoms with Crippen LogP contribution in [0.3, 0.4) is 0 Å². The van der Waals surface area contributed by atoms with Crippen LogP contribution in [-0.4, -0.2) is 42.0 Å². The minimum absolute atomic E-state index is 0.205. The Morgan fingerprint density at radius 1 is 0.774 bits per heavy atom. The van der Waals surface area contributed by atoms with Gasteiger partial charge >= 0.3 is 0 Å². The Kier molecular flexibility index (Phi) is 7.23. The summed E-state index contributed by atoms with van der Waals surface area (Å²) in [6.07, 6.45) is 5.25. The van der Waals surface area contributed by atoms with Crippen molar-refractivity contribution < 1.29 is 8.78 Å². The monoisotopic (exact) mass is 418 g/mol. The number of halogens is 2. The Labute approximate surface area is 183 Å². The molecule has 0 radical (unpaired) electrons. The lowest BCUT2D eigenvalue weighted by Crippen LogP contribution is -2.53. The van der Waals surface area contributed by atoms with Crippen molar-refractivity contribution in [2.45, 2.75) is 19.0 Å². The summed E-state index contributed by atoms with van der Waals surface area (Å²) >= 11 is 0. The van der Waals surface area contributed by atoms with E-state index >= 15 is 0 Å². The number of rotatable bonds is 7. The van der Waals surface area contributed by atoms with Crippen LogP contribution in [0.25, 0.3) is 6.08 Å². The van der Waals surface area contributed by atoms with Gasteiger partial charge in [-0.05, 0) is 47.4 Å². The van der Waals surface area contributed by atoms with Gasteiger partial charge in [-0.2, -0.15) is 0 Å². The molecule has 1 aliphatic rings. The Morgan fingerprint density at radius 2 is 1.42 bits per heavy atom. The minimum atomic E-state index is -0.207. The van der Waals surface area contributed by atoms with Crippen molar-refractivity contribution in [3.8, 4) is 0 Å². The second-order valence-corrected chi connectivity index (χ2v) is 8.15. The first-order valence-electron chi connectivity index (χ1n) is 10.8. The van der Waals surface area contributed by atoms with Crippen LogP contribution in [0.1, 0.15) is 16.7 Å². The maximum atomic E-state index is 13.3. The van der Waals surface area contributed by atoms with Crippen molar-refractivity contribution in [2.75, 3.05) is 26.2 Å². The molecule has 0 aliphatic carbocycles. The van der Waals surface area contributed by atoms with Gasteiger partial charge < -0.3 is 0 Å². The van der Waals surface area contributed by atoms with E-state index in [2.05, 4.69) is 34.1 Å². The normalized spacial score (nSPS) is 17.9. The third kappa shape index (κ3) is 6.33. The average Bonchev–Trinajstić information content (AvgIpc) is 2.79. The fourth-order valence-corrected chi connectivity index (χ4v) is 4.14. The molecule has 3 aromatic carbocycles. The largest absolute Gasteiger partial charge is 0.297 e. The van der Waals surface area contributed by atoms with Gasteiger partial charge in [-0.1, -0.05) is 66.7 Å². The molecule has 1 saturated heterocycles. The molecule has 0 saturated carbocycles. The molecule has 1 atom stereocenters. The minimum Gasteiger partial charge on any atom is -0.297 e. The number of nitrogens with zero attached hydrogens (tertiary/aromatic N) is 2. The van der Waals surface area contributed by atoms with E-state index in [1.54, 1.807) is 0 Å². The van der Waals surface area contributed by atoms with Crippen molar-refractivity contribution >= 4 is 6.08 Å². The summed E-state index contributed by atoms with van der Waals surface area (Å²) in [5, 5.41) is 0. The van der Waals surface area contributed by atoms with Crippen LogP contribution in [0.4, 0.5) is 8.78 Å². The molecular formula is C27H28F2N2. The molecule has 1 fully saturated rings. The van der Waals surface area contributed by atoms with Crippen LogP contribution in [0.2, 0.25) is 0 Å². The SMILES string of the molecule is Fc1ccc(CC2CN(C/C=C/c3ccccc3)CCN2Cc2ccc(F)cc2)cc1. The molecule has 0 bridgehead atoms. The predicted octanol–water partition coefficient (Wildman–Crippen LogP) is 5.41. The van der Waals surface area contributed by atoms with Crippen molar-refractivity contribution in [2.24, 2.45) is 0 Å². The lowest BCUT2D eigenvalue weighted by Gasteiger charge is -2.41. The molecule has 160 valence electrons. The van der Waals surface area contributed by atoms with Crippen LogP contribution in [0.5, 0.6) is 0 Å². The summed E-state index contributed by atoms with van der Waals surface area (Å²) in [5.74, 6) is -0.412. The van der Waals surface area contributed by atoms with Gasteiger partial charge in [0.25, 0.3) is 0 Å². The molecule has 0 spiro atoms. The fraction of sp³-hybridized carbons (Fsp3) is 0.259. The molecule has 3 aromatic rings. The summed E-state index contributed by atoms with van der Waals surface area (Å²) in [7, 11) is 0. The zero-order valence-corrected chi connectivity index (χ0v) is 17.6. The highest BCUT2D eigenvalue weighted by molar-refractivity contribution is 5.48. The second kappa shape index (κ2) is 10.5. The van der Waals surface area contributed by atoms with E-state index in [1.807, 2.05) is 42.5 Å². The van der Waals surface area contributed by atoms with Gasteiger partial charge in [0.1, 0.15) is 11.6 Å². The van der Waals surface area contributed by atoms with E-state index < -0.39 is 0 Å². The number of hydrogen-bond donors (Lipinski definition) is 0.